The summed E-state index contributed by atoms with van der Waals surface area (Å²) >= 11 is 0. The summed E-state index contributed by atoms with van der Waals surface area (Å²) in [4.78, 5) is 22.2. The van der Waals surface area contributed by atoms with Gasteiger partial charge in [-0.3, -0.25) is 10.1 Å². The minimum atomic E-state index is -0.601. The molecule has 7 nitrogen and oxygen atoms in total. The summed E-state index contributed by atoms with van der Waals surface area (Å²) in [6.45, 7) is 4.02. The summed E-state index contributed by atoms with van der Waals surface area (Å²) in [5.41, 5.74) is 2.70. The minimum Gasteiger partial charge on any atom is -0.493 e. The molecule has 0 heterocycles. The van der Waals surface area contributed by atoms with Crippen LogP contribution in [0.4, 0.5) is 0 Å². The molecule has 7 heteroatoms. The smallest absolute Gasteiger partial charge is 0.349 e. The Kier molecular flexibility index (Phi) is 7.46. The summed E-state index contributed by atoms with van der Waals surface area (Å²) in [5.74, 6) is 0.424. The van der Waals surface area contributed by atoms with E-state index in [1.54, 1.807) is 6.07 Å². The van der Waals surface area contributed by atoms with Gasteiger partial charge in [-0.15, -0.1) is 0 Å². The predicted octanol–water partition coefficient (Wildman–Crippen LogP) is 5.25. The zero-order chi connectivity index (χ0) is 23.8. The molecule has 3 aromatic rings. The number of benzene rings is 3. The highest BCUT2D eigenvalue weighted by molar-refractivity contribution is 5.75. The van der Waals surface area contributed by atoms with E-state index >= 15 is 0 Å². The zero-order valence-electron chi connectivity index (χ0n) is 18.7. The maximum Gasteiger partial charge on any atom is 0.349 e. The van der Waals surface area contributed by atoms with Gasteiger partial charge in [0.25, 0.3) is 0 Å². The average Bonchev–Trinajstić information content (AvgIpc) is 2.83. The van der Waals surface area contributed by atoms with Gasteiger partial charge in [-0.25, -0.2) is 4.79 Å². The number of hydrogen-bond donors (Lipinski definition) is 0. The Morgan fingerprint density at radius 3 is 2.27 bits per heavy atom. The highest BCUT2D eigenvalue weighted by Gasteiger charge is 2.22. The fourth-order valence-electron chi connectivity index (χ4n) is 3.30. The quantitative estimate of drug-likeness (QED) is 0.193. The minimum absolute atomic E-state index is 0.170. The Hall–Kier alpha value is -4.13. The van der Waals surface area contributed by atoms with Crippen LogP contribution in [0.5, 0.6) is 17.2 Å². The standard InChI is InChI=1S/C26H25NO6/c1-26(2,20-7-5-4-6-8-20)21-10-12-22(13-11-21)32-18-25(28)33-23-14-9-19(15-16-27(29)30)17-24(23)31-3/h4-17H,18H2,1-3H3/b16-15+. The Balaban J connectivity index is 1.60. The molecule has 0 aliphatic carbocycles. The summed E-state index contributed by atoms with van der Waals surface area (Å²) in [6.07, 6.45) is 2.14. The third-order valence-corrected chi connectivity index (χ3v) is 5.23. The van der Waals surface area contributed by atoms with Crippen molar-refractivity contribution >= 4 is 12.0 Å². The zero-order valence-corrected chi connectivity index (χ0v) is 18.7. The van der Waals surface area contributed by atoms with E-state index in [4.69, 9.17) is 14.2 Å². The molecule has 3 aromatic carbocycles. The molecule has 0 N–H and O–H groups in total. The lowest BCUT2D eigenvalue weighted by Gasteiger charge is -2.26. The number of nitro groups is 1. The first-order chi connectivity index (χ1) is 15.8. The summed E-state index contributed by atoms with van der Waals surface area (Å²) in [5, 5.41) is 10.5. The second-order valence-electron chi connectivity index (χ2n) is 7.79. The van der Waals surface area contributed by atoms with E-state index in [9.17, 15) is 14.9 Å². The van der Waals surface area contributed by atoms with E-state index in [2.05, 4.69) is 26.0 Å². The molecule has 0 saturated carbocycles. The lowest BCUT2D eigenvalue weighted by atomic mass is 9.78. The first kappa shape index (κ1) is 23.5. The van der Waals surface area contributed by atoms with E-state index in [-0.39, 0.29) is 23.5 Å². The van der Waals surface area contributed by atoms with Crippen LogP contribution in [0.25, 0.3) is 6.08 Å². The van der Waals surface area contributed by atoms with Gasteiger partial charge in [0.05, 0.1) is 12.0 Å². The van der Waals surface area contributed by atoms with Gasteiger partial charge in [-0.2, -0.15) is 0 Å². The van der Waals surface area contributed by atoms with Crippen LogP contribution in [-0.4, -0.2) is 24.6 Å². The summed E-state index contributed by atoms with van der Waals surface area (Å²) in [6, 6.07) is 22.5. The Labute approximate surface area is 192 Å². The number of carbonyl (C=O) groups excluding carboxylic acids is 1. The van der Waals surface area contributed by atoms with Crippen molar-refractivity contribution in [1.29, 1.82) is 0 Å². The molecule has 0 aliphatic heterocycles. The normalized spacial score (nSPS) is 11.2. The van der Waals surface area contributed by atoms with Gasteiger partial charge in [-0.1, -0.05) is 62.4 Å². The van der Waals surface area contributed by atoms with Crippen molar-refractivity contribution in [1.82, 2.24) is 0 Å². The van der Waals surface area contributed by atoms with Crippen LogP contribution in [0.15, 0.2) is 79.0 Å². The van der Waals surface area contributed by atoms with E-state index in [1.807, 2.05) is 42.5 Å². The average molecular weight is 447 g/mol. The van der Waals surface area contributed by atoms with Crippen molar-refractivity contribution in [3.8, 4) is 17.2 Å². The van der Waals surface area contributed by atoms with Gasteiger partial charge in [-0.05, 0) is 41.0 Å². The number of nitrogens with zero attached hydrogens (tertiary/aromatic N) is 1. The molecule has 33 heavy (non-hydrogen) atoms. The van der Waals surface area contributed by atoms with Crippen LogP contribution < -0.4 is 14.2 Å². The molecule has 0 bridgehead atoms. The Bertz CT molecular complexity index is 1140. The van der Waals surface area contributed by atoms with Crippen LogP contribution in [0.3, 0.4) is 0 Å². The molecule has 3 rings (SSSR count). The van der Waals surface area contributed by atoms with E-state index in [0.29, 0.717) is 11.3 Å². The van der Waals surface area contributed by atoms with Gasteiger partial charge >= 0.3 is 5.97 Å². The van der Waals surface area contributed by atoms with Gasteiger partial charge in [0.1, 0.15) is 5.75 Å². The number of rotatable bonds is 9. The monoisotopic (exact) mass is 447 g/mol. The van der Waals surface area contributed by atoms with Gasteiger partial charge in [0.2, 0.25) is 6.20 Å². The molecule has 0 aromatic heterocycles. The second kappa shape index (κ2) is 10.5. The van der Waals surface area contributed by atoms with Crippen molar-refractivity contribution in [2.45, 2.75) is 19.3 Å². The van der Waals surface area contributed by atoms with Gasteiger partial charge in [0.15, 0.2) is 18.1 Å². The topological polar surface area (TPSA) is 87.9 Å². The number of ether oxygens (including phenoxy) is 3. The van der Waals surface area contributed by atoms with Gasteiger partial charge in [0, 0.05) is 11.5 Å². The SMILES string of the molecule is COc1cc(/C=C/[N+](=O)[O-])ccc1OC(=O)COc1ccc(C(C)(C)c2ccccc2)cc1. The van der Waals surface area contributed by atoms with Crippen LogP contribution in [0.1, 0.15) is 30.5 Å². The molecule has 0 fully saturated rings. The first-order valence-electron chi connectivity index (χ1n) is 10.3. The molecule has 0 saturated heterocycles. The van der Waals surface area contributed by atoms with Crippen molar-refractivity contribution in [2.75, 3.05) is 13.7 Å². The molecule has 170 valence electrons. The van der Waals surface area contributed by atoms with Crippen LogP contribution in [0, 0.1) is 10.1 Å². The maximum atomic E-state index is 12.3. The number of hydrogen-bond acceptors (Lipinski definition) is 6. The fourth-order valence-corrected chi connectivity index (χ4v) is 3.30. The van der Waals surface area contributed by atoms with Crippen LogP contribution >= 0.6 is 0 Å². The van der Waals surface area contributed by atoms with E-state index < -0.39 is 10.9 Å². The largest absolute Gasteiger partial charge is 0.493 e. The molecule has 0 radical (unpaired) electrons. The number of methoxy groups -OCH3 is 1. The molecule has 0 spiro atoms. The second-order valence-corrected chi connectivity index (χ2v) is 7.79. The van der Waals surface area contributed by atoms with Crippen molar-refractivity contribution in [3.63, 3.8) is 0 Å². The molecule has 0 aliphatic rings. The van der Waals surface area contributed by atoms with Gasteiger partial charge < -0.3 is 14.2 Å². The van der Waals surface area contributed by atoms with Crippen LogP contribution in [0.2, 0.25) is 0 Å². The van der Waals surface area contributed by atoms with Crippen molar-refractivity contribution in [2.24, 2.45) is 0 Å². The number of carbonyl (C=O) groups is 1. The first-order valence-corrected chi connectivity index (χ1v) is 10.3. The number of esters is 1. The molecule has 0 unspecified atom stereocenters. The summed E-state index contributed by atoms with van der Waals surface area (Å²) in [7, 11) is 1.42. The predicted molar refractivity (Wildman–Crippen MR) is 125 cm³/mol. The maximum absolute atomic E-state index is 12.3. The van der Waals surface area contributed by atoms with E-state index in [0.717, 1.165) is 11.8 Å². The molecule has 0 atom stereocenters. The van der Waals surface area contributed by atoms with Crippen LogP contribution in [-0.2, 0) is 10.2 Å². The van der Waals surface area contributed by atoms with Crippen molar-refractivity contribution < 1.29 is 23.9 Å². The lowest BCUT2D eigenvalue weighted by molar-refractivity contribution is -0.400. The third-order valence-electron chi connectivity index (χ3n) is 5.23. The molecule has 0 amide bonds. The Morgan fingerprint density at radius 2 is 1.64 bits per heavy atom. The Morgan fingerprint density at radius 1 is 0.970 bits per heavy atom. The van der Waals surface area contributed by atoms with E-state index in [1.165, 1.54) is 30.9 Å². The van der Waals surface area contributed by atoms with Crippen molar-refractivity contribution in [3.05, 3.63) is 106 Å². The molecular formula is C26H25NO6. The highest BCUT2D eigenvalue weighted by atomic mass is 16.6. The third kappa shape index (κ3) is 6.20. The summed E-state index contributed by atoms with van der Waals surface area (Å²) < 4.78 is 16.1. The lowest BCUT2D eigenvalue weighted by Crippen LogP contribution is -2.19. The highest BCUT2D eigenvalue weighted by Crippen LogP contribution is 2.32. The molecular weight excluding hydrogens is 422 g/mol. The fraction of sp³-hybridized carbons (Fsp3) is 0.192.